The van der Waals surface area contributed by atoms with Crippen LogP contribution in [-0.4, -0.2) is 28.7 Å². The third-order valence-corrected chi connectivity index (χ3v) is 7.31. The summed E-state index contributed by atoms with van der Waals surface area (Å²) in [5.74, 6) is -0.857. The third-order valence-electron chi connectivity index (χ3n) is 6.03. The molecule has 4 rings (SSSR count). The number of carbonyl (C=O) groups is 2. The average Bonchev–Trinajstić information content (AvgIpc) is 3.33. The highest BCUT2D eigenvalue weighted by atomic mass is 32.1. The molecule has 2 N–H and O–H groups in total. The summed E-state index contributed by atoms with van der Waals surface area (Å²) in [6.07, 6.45) is 5.28. The number of hydrogen-bond donors (Lipinski definition) is 2. The van der Waals surface area contributed by atoms with E-state index in [-0.39, 0.29) is 5.57 Å². The number of ether oxygens (including phenoxy) is 1. The van der Waals surface area contributed by atoms with Gasteiger partial charge in [-0.2, -0.15) is 5.26 Å². The zero-order valence-corrected chi connectivity index (χ0v) is 20.1. The Morgan fingerprint density at radius 2 is 2.00 bits per heavy atom. The number of nitriles is 1. The largest absolute Gasteiger partial charge is 0.497 e. The van der Waals surface area contributed by atoms with E-state index in [2.05, 4.69) is 5.32 Å². The van der Waals surface area contributed by atoms with Gasteiger partial charge in [0.2, 0.25) is 0 Å². The number of aromatic carboxylic acids is 1. The average molecular weight is 476 g/mol. The maximum atomic E-state index is 12.8. The van der Waals surface area contributed by atoms with Crippen LogP contribution in [0.4, 0.5) is 5.69 Å². The lowest BCUT2D eigenvalue weighted by Crippen LogP contribution is -2.13. The summed E-state index contributed by atoms with van der Waals surface area (Å²) in [5, 5.41) is 23.0. The van der Waals surface area contributed by atoms with Crippen molar-refractivity contribution in [3.8, 4) is 16.8 Å². The van der Waals surface area contributed by atoms with E-state index in [0.29, 0.717) is 27.6 Å². The molecule has 1 aliphatic carbocycles. The number of aromatic nitrogens is 1. The van der Waals surface area contributed by atoms with E-state index >= 15 is 0 Å². The van der Waals surface area contributed by atoms with E-state index in [1.807, 2.05) is 30.6 Å². The van der Waals surface area contributed by atoms with E-state index < -0.39 is 11.9 Å². The first-order valence-corrected chi connectivity index (χ1v) is 11.8. The van der Waals surface area contributed by atoms with Crippen molar-refractivity contribution >= 4 is 35.0 Å². The molecule has 34 heavy (non-hydrogen) atoms. The number of carbonyl (C=O) groups excluding carboxylic acids is 1. The van der Waals surface area contributed by atoms with Gasteiger partial charge >= 0.3 is 5.97 Å². The van der Waals surface area contributed by atoms with Gasteiger partial charge in [-0.15, -0.1) is 11.3 Å². The fourth-order valence-electron chi connectivity index (χ4n) is 4.38. The standard InChI is InChI=1S/C26H25N3O4S/c1-15-11-17(12-18(14-27)24(30)28-19-7-6-8-20(13-19)33-3)16(2)29(15)25-23(26(31)32)21-9-4-5-10-22(21)34-25/h6-8,11-13H,4-5,9-10H2,1-3H3,(H,28,30)(H,31,32)/b18-12-. The molecule has 0 saturated heterocycles. The maximum Gasteiger partial charge on any atom is 0.339 e. The van der Waals surface area contributed by atoms with Crippen LogP contribution in [0.1, 0.15) is 50.6 Å². The predicted molar refractivity (Wildman–Crippen MR) is 132 cm³/mol. The van der Waals surface area contributed by atoms with Gasteiger partial charge in [0.05, 0.1) is 12.7 Å². The van der Waals surface area contributed by atoms with Gasteiger partial charge in [-0.25, -0.2) is 4.79 Å². The number of rotatable bonds is 6. The third kappa shape index (κ3) is 4.35. The van der Waals surface area contributed by atoms with Crippen LogP contribution in [0.5, 0.6) is 5.75 Å². The lowest BCUT2D eigenvalue weighted by molar-refractivity contribution is -0.112. The number of carboxylic acid groups (broad SMARTS) is 1. The fourth-order valence-corrected chi connectivity index (χ4v) is 5.87. The lowest BCUT2D eigenvalue weighted by Gasteiger charge is -2.11. The highest BCUT2D eigenvalue weighted by molar-refractivity contribution is 7.15. The van der Waals surface area contributed by atoms with Gasteiger partial charge in [0, 0.05) is 28.0 Å². The van der Waals surface area contributed by atoms with Crippen molar-refractivity contribution in [2.45, 2.75) is 39.5 Å². The summed E-state index contributed by atoms with van der Waals surface area (Å²) in [6.45, 7) is 3.77. The molecular weight excluding hydrogens is 450 g/mol. The van der Waals surface area contributed by atoms with Gasteiger partial charge < -0.3 is 19.7 Å². The molecule has 7 nitrogen and oxygen atoms in total. The highest BCUT2D eigenvalue weighted by Crippen LogP contribution is 2.39. The smallest absolute Gasteiger partial charge is 0.339 e. The molecule has 1 amide bonds. The number of thiophene rings is 1. The summed E-state index contributed by atoms with van der Waals surface area (Å²) in [4.78, 5) is 26.1. The lowest BCUT2D eigenvalue weighted by atomic mass is 9.95. The van der Waals surface area contributed by atoms with Gasteiger partial charge in [-0.3, -0.25) is 4.79 Å². The van der Waals surface area contributed by atoms with E-state index in [1.165, 1.54) is 18.4 Å². The molecule has 2 aromatic heterocycles. The normalized spacial score (nSPS) is 13.2. The molecule has 8 heteroatoms. The molecule has 0 radical (unpaired) electrons. The molecule has 0 bridgehead atoms. The molecule has 0 aliphatic heterocycles. The summed E-state index contributed by atoms with van der Waals surface area (Å²) in [5.41, 5.74) is 4.10. The summed E-state index contributed by atoms with van der Waals surface area (Å²) < 4.78 is 7.10. The van der Waals surface area contributed by atoms with Gasteiger partial charge in [0.25, 0.3) is 5.91 Å². The van der Waals surface area contributed by atoms with Crippen LogP contribution in [0.3, 0.4) is 0 Å². The van der Waals surface area contributed by atoms with Crippen molar-refractivity contribution in [3.05, 3.63) is 68.9 Å². The molecule has 1 aromatic carbocycles. The zero-order valence-electron chi connectivity index (χ0n) is 19.3. The first-order valence-electron chi connectivity index (χ1n) is 11.0. The Morgan fingerprint density at radius 1 is 1.24 bits per heavy atom. The number of methoxy groups -OCH3 is 1. The van der Waals surface area contributed by atoms with Crippen molar-refractivity contribution in [3.63, 3.8) is 0 Å². The van der Waals surface area contributed by atoms with E-state index in [0.717, 1.165) is 47.5 Å². The van der Waals surface area contributed by atoms with Gasteiger partial charge in [-0.05, 0) is 74.9 Å². The minimum atomic E-state index is -0.922. The second-order valence-electron chi connectivity index (χ2n) is 8.21. The molecule has 0 unspecified atom stereocenters. The van der Waals surface area contributed by atoms with Crippen molar-refractivity contribution < 1.29 is 19.4 Å². The Morgan fingerprint density at radius 3 is 2.71 bits per heavy atom. The Bertz CT molecular complexity index is 1360. The molecular formula is C26H25N3O4S. The number of anilines is 1. The molecule has 2 heterocycles. The van der Waals surface area contributed by atoms with Crippen LogP contribution in [0.15, 0.2) is 35.9 Å². The Hall–Kier alpha value is -3.83. The van der Waals surface area contributed by atoms with Gasteiger partial charge in [0.1, 0.15) is 22.4 Å². The van der Waals surface area contributed by atoms with Gasteiger partial charge in [0.15, 0.2) is 0 Å². The zero-order chi connectivity index (χ0) is 24.4. The molecule has 0 atom stereocenters. The molecule has 0 spiro atoms. The first kappa shape index (κ1) is 23.3. The molecule has 0 fully saturated rings. The number of nitrogens with zero attached hydrogens (tertiary/aromatic N) is 2. The SMILES string of the molecule is COc1cccc(NC(=O)/C(C#N)=C\c2cc(C)n(-c3sc4c(c3C(=O)O)CCCC4)c2C)c1. The van der Waals surface area contributed by atoms with Gasteiger partial charge in [-0.1, -0.05) is 6.07 Å². The van der Waals surface area contributed by atoms with Crippen LogP contribution < -0.4 is 10.1 Å². The van der Waals surface area contributed by atoms with Crippen LogP contribution in [0.25, 0.3) is 11.1 Å². The van der Waals surface area contributed by atoms with Crippen LogP contribution in [0, 0.1) is 25.2 Å². The second-order valence-corrected chi connectivity index (χ2v) is 9.30. The Kier molecular flexibility index (Phi) is 6.57. The minimum absolute atomic E-state index is 0.0491. The monoisotopic (exact) mass is 475 g/mol. The Labute approximate surface area is 201 Å². The quantitative estimate of drug-likeness (QED) is 0.372. The van der Waals surface area contributed by atoms with E-state index in [4.69, 9.17) is 4.74 Å². The second kappa shape index (κ2) is 9.57. The van der Waals surface area contributed by atoms with Crippen LogP contribution >= 0.6 is 11.3 Å². The maximum absolute atomic E-state index is 12.8. The fraction of sp³-hybridized carbons (Fsp3) is 0.269. The first-order chi connectivity index (χ1) is 16.3. The molecule has 174 valence electrons. The predicted octanol–water partition coefficient (Wildman–Crippen LogP) is 5.29. The number of fused-ring (bicyclic) bond motifs is 1. The summed E-state index contributed by atoms with van der Waals surface area (Å²) >= 11 is 1.53. The highest BCUT2D eigenvalue weighted by Gasteiger charge is 2.27. The van der Waals surface area contributed by atoms with Crippen molar-refractivity contribution in [1.82, 2.24) is 4.57 Å². The molecule has 0 saturated carbocycles. The van der Waals surface area contributed by atoms with Crippen molar-refractivity contribution in [2.24, 2.45) is 0 Å². The number of hydrogen-bond acceptors (Lipinski definition) is 5. The molecule has 3 aromatic rings. The molecule has 1 aliphatic rings. The summed E-state index contributed by atoms with van der Waals surface area (Å²) in [6, 6.07) is 10.8. The number of nitrogens with one attached hydrogen (secondary N) is 1. The van der Waals surface area contributed by atoms with Crippen molar-refractivity contribution in [2.75, 3.05) is 12.4 Å². The number of aryl methyl sites for hydroxylation is 2. The van der Waals surface area contributed by atoms with E-state index in [9.17, 15) is 20.0 Å². The van der Waals surface area contributed by atoms with Crippen LogP contribution in [-0.2, 0) is 17.6 Å². The summed E-state index contributed by atoms with van der Waals surface area (Å²) in [7, 11) is 1.54. The number of benzene rings is 1. The van der Waals surface area contributed by atoms with E-state index in [1.54, 1.807) is 30.3 Å². The number of amides is 1. The Balaban J connectivity index is 1.71. The number of carboxylic acids is 1. The minimum Gasteiger partial charge on any atom is -0.497 e. The topological polar surface area (TPSA) is 104 Å². The van der Waals surface area contributed by atoms with Crippen molar-refractivity contribution in [1.29, 1.82) is 5.26 Å². The van der Waals surface area contributed by atoms with Crippen LogP contribution in [0.2, 0.25) is 0 Å².